The highest BCUT2D eigenvalue weighted by Crippen LogP contribution is 2.67. The van der Waals surface area contributed by atoms with Crippen molar-refractivity contribution in [3.63, 3.8) is 0 Å². The van der Waals surface area contributed by atoms with E-state index in [1.165, 1.54) is 77.0 Å². The van der Waals surface area contributed by atoms with E-state index in [0.29, 0.717) is 11.1 Å². The molecule has 8 atom stereocenters. The van der Waals surface area contributed by atoms with Crippen molar-refractivity contribution < 1.29 is 14.6 Å². The van der Waals surface area contributed by atoms with Crippen LogP contribution in [-0.2, 0) is 4.74 Å². The molecule has 0 aliphatic heterocycles. The molecule has 0 radical (unpaired) electrons. The summed E-state index contributed by atoms with van der Waals surface area (Å²) in [5, 5.41) is 12.3. The van der Waals surface area contributed by atoms with Crippen LogP contribution in [-0.4, -0.2) is 17.3 Å². The highest BCUT2D eigenvalue weighted by molar-refractivity contribution is 5.84. The van der Waals surface area contributed by atoms with E-state index in [2.05, 4.69) is 39.1 Å². The van der Waals surface area contributed by atoms with E-state index in [-0.39, 0.29) is 17.3 Å². The van der Waals surface area contributed by atoms with Crippen LogP contribution in [0.15, 0.2) is 35.9 Å². The number of nitrogens with one attached hydrogen (secondary N) is 1. The van der Waals surface area contributed by atoms with E-state index < -0.39 is 6.09 Å². The topological polar surface area (TPSA) is 58.6 Å². The van der Waals surface area contributed by atoms with Crippen molar-refractivity contribution in [3.8, 4) is 5.75 Å². The zero-order valence-electron chi connectivity index (χ0n) is 25.7. The second-order valence-electron chi connectivity index (χ2n) is 14.5. The molecule has 4 aliphatic rings. The molecule has 1 aromatic rings. The van der Waals surface area contributed by atoms with Gasteiger partial charge in [-0.05, 0) is 110 Å². The van der Waals surface area contributed by atoms with Crippen LogP contribution in [0.1, 0.15) is 124 Å². The summed E-state index contributed by atoms with van der Waals surface area (Å²) in [6.45, 7) is 10.1. The number of unbranched alkanes of at least 4 members (excludes halogenated alkanes) is 5. The number of allylic oxidation sites excluding steroid dienone is 1. The molecular weight excluding hydrogens is 494 g/mol. The van der Waals surface area contributed by atoms with E-state index in [9.17, 15) is 9.90 Å². The molecule has 1 amide bonds. The lowest BCUT2D eigenvalue weighted by Crippen LogP contribution is -2.51. The first-order valence-corrected chi connectivity index (χ1v) is 16.7. The molecule has 40 heavy (non-hydrogen) atoms. The van der Waals surface area contributed by atoms with Gasteiger partial charge in [0.15, 0.2) is 0 Å². The SMILES string of the molecule is CCCCCCCCC(C)[C@H]1CCC2C3CC=C4CC(OC(=O)Nc5ccc(O)cc5)CC[C@]4(C)C3CC[C@@]21C. The first-order chi connectivity index (χ1) is 19.2. The fourth-order valence-electron chi connectivity index (χ4n) is 9.99. The lowest BCUT2D eigenvalue weighted by atomic mass is 9.47. The Morgan fingerprint density at radius 1 is 1.00 bits per heavy atom. The van der Waals surface area contributed by atoms with Crippen LogP contribution < -0.4 is 5.32 Å². The molecule has 0 spiro atoms. The second-order valence-corrected chi connectivity index (χ2v) is 14.5. The number of anilines is 1. The Labute approximate surface area is 243 Å². The van der Waals surface area contributed by atoms with Crippen LogP contribution in [0.3, 0.4) is 0 Å². The zero-order valence-corrected chi connectivity index (χ0v) is 25.7. The van der Waals surface area contributed by atoms with Gasteiger partial charge >= 0.3 is 6.09 Å². The van der Waals surface area contributed by atoms with E-state index in [1.807, 2.05) is 0 Å². The van der Waals surface area contributed by atoms with Gasteiger partial charge in [-0.2, -0.15) is 0 Å². The number of ether oxygens (including phenoxy) is 1. The van der Waals surface area contributed by atoms with E-state index in [4.69, 9.17) is 4.74 Å². The molecule has 3 fully saturated rings. The van der Waals surface area contributed by atoms with Crippen LogP contribution in [0.25, 0.3) is 0 Å². The average molecular weight is 550 g/mol. The number of hydrogen-bond donors (Lipinski definition) is 2. The Morgan fingerprint density at radius 2 is 1.75 bits per heavy atom. The number of phenols is 1. The van der Waals surface area contributed by atoms with E-state index >= 15 is 0 Å². The minimum Gasteiger partial charge on any atom is -0.508 e. The lowest BCUT2D eigenvalue weighted by Gasteiger charge is -2.58. The van der Waals surface area contributed by atoms with Crippen molar-refractivity contribution in [2.24, 2.45) is 40.4 Å². The van der Waals surface area contributed by atoms with Crippen molar-refractivity contribution >= 4 is 11.8 Å². The Kier molecular flexibility index (Phi) is 9.22. The van der Waals surface area contributed by atoms with Crippen LogP contribution >= 0.6 is 0 Å². The molecule has 4 nitrogen and oxygen atoms in total. The molecule has 2 N–H and O–H groups in total. The number of fused-ring (bicyclic) bond motifs is 5. The maximum Gasteiger partial charge on any atom is 0.411 e. The molecule has 4 aliphatic carbocycles. The van der Waals surface area contributed by atoms with Gasteiger partial charge in [0.2, 0.25) is 0 Å². The van der Waals surface area contributed by atoms with Crippen molar-refractivity contribution in [2.75, 3.05) is 5.32 Å². The molecular formula is C36H55NO3. The van der Waals surface area contributed by atoms with Gasteiger partial charge in [0.1, 0.15) is 11.9 Å². The number of phenolic OH excluding ortho intramolecular Hbond substituents is 1. The monoisotopic (exact) mass is 549 g/mol. The molecule has 0 saturated heterocycles. The Bertz CT molecular complexity index is 1030. The van der Waals surface area contributed by atoms with Gasteiger partial charge in [0, 0.05) is 12.1 Å². The van der Waals surface area contributed by atoms with E-state index in [0.717, 1.165) is 48.9 Å². The third kappa shape index (κ3) is 5.97. The summed E-state index contributed by atoms with van der Waals surface area (Å²) in [5.41, 5.74) is 2.98. The van der Waals surface area contributed by atoms with Crippen molar-refractivity contribution in [1.29, 1.82) is 0 Å². The maximum absolute atomic E-state index is 12.6. The summed E-state index contributed by atoms with van der Waals surface area (Å²) in [6, 6.07) is 6.53. The summed E-state index contributed by atoms with van der Waals surface area (Å²) < 4.78 is 5.89. The Balaban J connectivity index is 1.17. The van der Waals surface area contributed by atoms with Gasteiger partial charge in [-0.3, -0.25) is 5.32 Å². The summed E-state index contributed by atoms with van der Waals surface area (Å²) in [4.78, 5) is 12.6. The first kappa shape index (κ1) is 29.5. The molecule has 0 aromatic heterocycles. The Hall–Kier alpha value is -1.97. The number of aromatic hydroxyl groups is 1. The quantitative estimate of drug-likeness (QED) is 0.173. The lowest BCUT2D eigenvalue weighted by molar-refractivity contribution is -0.0576. The molecule has 1 aromatic carbocycles. The third-order valence-corrected chi connectivity index (χ3v) is 12.2. The largest absolute Gasteiger partial charge is 0.508 e. The number of benzene rings is 1. The van der Waals surface area contributed by atoms with Gasteiger partial charge < -0.3 is 9.84 Å². The number of hydrogen-bond acceptors (Lipinski definition) is 3. The molecule has 4 heteroatoms. The second kappa shape index (κ2) is 12.5. The van der Waals surface area contributed by atoms with Gasteiger partial charge in [-0.25, -0.2) is 4.79 Å². The maximum atomic E-state index is 12.6. The minimum atomic E-state index is -0.394. The Morgan fingerprint density at radius 3 is 2.52 bits per heavy atom. The van der Waals surface area contributed by atoms with Crippen LogP contribution in [0.2, 0.25) is 0 Å². The van der Waals surface area contributed by atoms with Gasteiger partial charge in [0.25, 0.3) is 0 Å². The highest BCUT2D eigenvalue weighted by atomic mass is 16.6. The standard InChI is InChI=1S/C36H55NO3/c1-5-6-7-8-9-10-11-25(2)31-18-19-32-30-17-12-26-24-29(40-34(39)37-27-13-15-28(38)16-14-27)20-22-35(26,3)33(30)21-23-36(31,32)4/h12-16,25,29-33,38H,5-11,17-24H2,1-4H3,(H,37,39)/t25?,29?,30?,31-,32?,33?,35+,36-/m1/s1. The summed E-state index contributed by atoms with van der Waals surface area (Å²) in [5.74, 6) is 4.44. The fourth-order valence-corrected chi connectivity index (χ4v) is 9.99. The van der Waals surface area contributed by atoms with Crippen molar-refractivity contribution in [3.05, 3.63) is 35.9 Å². The smallest absolute Gasteiger partial charge is 0.411 e. The number of rotatable bonds is 10. The summed E-state index contributed by atoms with van der Waals surface area (Å²) in [6.07, 6.45) is 21.8. The van der Waals surface area contributed by atoms with E-state index in [1.54, 1.807) is 29.8 Å². The number of carbonyl (C=O) groups is 1. The van der Waals surface area contributed by atoms with Crippen LogP contribution in [0.5, 0.6) is 5.75 Å². The molecule has 5 rings (SSSR count). The number of amides is 1. The van der Waals surface area contributed by atoms with Crippen LogP contribution in [0.4, 0.5) is 10.5 Å². The molecule has 5 unspecified atom stereocenters. The van der Waals surface area contributed by atoms with Gasteiger partial charge in [-0.15, -0.1) is 0 Å². The molecule has 3 saturated carbocycles. The predicted molar refractivity (Wildman–Crippen MR) is 164 cm³/mol. The van der Waals surface area contributed by atoms with Crippen LogP contribution in [0, 0.1) is 40.4 Å². The van der Waals surface area contributed by atoms with Crippen molar-refractivity contribution in [1.82, 2.24) is 0 Å². The third-order valence-electron chi connectivity index (χ3n) is 12.2. The van der Waals surface area contributed by atoms with Gasteiger partial charge in [-0.1, -0.05) is 84.3 Å². The fraction of sp³-hybridized carbons (Fsp3) is 0.750. The molecule has 0 bridgehead atoms. The summed E-state index contributed by atoms with van der Waals surface area (Å²) in [7, 11) is 0. The first-order valence-electron chi connectivity index (χ1n) is 16.7. The predicted octanol–water partition coefficient (Wildman–Crippen LogP) is 10.3. The molecule has 0 heterocycles. The van der Waals surface area contributed by atoms with Crippen molar-refractivity contribution in [2.45, 2.75) is 130 Å². The summed E-state index contributed by atoms with van der Waals surface area (Å²) >= 11 is 0. The average Bonchev–Trinajstić information content (AvgIpc) is 3.29. The molecule has 222 valence electrons. The highest BCUT2D eigenvalue weighted by Gasteiger charge is 2.59. The zero-order chi connectivity index (χ0) is 28.3. The number of carbonyl (C=O) groups excluding carboxylic acids is 1. The van der Waals surface area contributed by atoms with Gasteiger partial charge in [0.05, 0.1) is 0 Å². The minimum absolute atomic E-state index is 0.0551. The normalized spacial score (nSPS) is 35.6.